The molecule has 2 aliphatic carbocycles. The van der Waals surface area contributed by atoms with Gasteiger partial charge in [0.25, 0.3) is 0 Å². The minimum absolute atomic E-state index is 0.0427. The number of hydrogen-bond donors (Lipinski definition) is 2. The van der Waals surface area contributed by atoms with Gasteiger partial charge in [-0.3, -0.25) is 4.79 Å². The summed E-state index contributed by atoms with van der Waals surface area (Å²) in [7, 11) is 0. The number of aromatic nitrogens is 3. The summed E-state index contributed by atoms with van der Waals surface area (Å²) in [4.78, 5) is 12.0. The van der Waals surface area contributed by atoms with Gasteiger partial charge >= 0.3 is 0 Å². The van der Waals surface area contributed by atoms with Gasteiger partial charge in [0.1, 0.15) is 6.54 Å². The van der Waals surface area contributed by atoms with E-state index in [-0.39, 0.29) is 12.5 Å². The summed E-state index contributed by atoms with van der Waals surface area (Å²) in [5, 5.41) is 14.6. The molecule has 0 aliphatic heterocycles. The third-order valence-electron chi connectivity index (χ3n) is 4.42. The lowest BCUT2D eigenvalue weighted by Crippen LogP contribution is -2.39. The first-order valence-corrected chi connectivity index (χ1v) is 8.11. The molecular formula is C15H25N5O. The lowest BCUT2D eigenvalue weighted by molar-refractivity contribution is -0.122. The van der Waals surface area contributed by atoms with Crippen LogP contribution in [0.1, 0.15) is 51.1 Å². The van der Waals surface area contributed by atoms with Crippen molar-refractivity contribution in [1.29, 1.82) is 0 Å². The van der Waals surface area contributed by atoms with E-state index in [1.807, 2.05) is 6.20 Å². The summed E-state index contributed by atoms with van der Waals surface area (Å²) in [6.07, 6.45) is 9.00. The first-order valence-electron chi connectivity index (χ1n) is 8.11. The second kappa shape index (κ2) is 6.56. The molecule has 0 bridgehead atoms. The Balaban J connectivity index is 1.41. The highest BCUT2D eigenvalue weighted by molar-refractivity contribution is 5.75. The molecule has 2 N–H and O–H groups in total. The molecule has 1 aromatic heterocycles. The molecule has 1 aromatic rings. The fourth-order valence-electron chi connectivity index (χ4n) is 2.86. The molecule has 21 heavy (non-hydrogen) atoms. The zero-order valence-electron chi connectivity index (χ0n) is 12.7. The normalized spacial score (nSPS) is 25.8. The monoisotopic (exact) mass is 291 g/mol. The lowest BCUT2D eigenvalue weighted by atomic mass is 9.87. The summed E-state index contributed by atoms with van der Waals surface area (Å²) in [5.74, 6) is 0.844. The largest absolute Gasteiger partial charge is 0.352 e. The highest BCUT2D eigenvalue weighted by Gasteiger charge is 2.21. The van der Waals surface area contributed by atoms with Crippen LogP contribution in [0.25, 0.3) is 0 Å². The van der Waals surface area contributed by atoms with E-state index in [0.29, 0.717) is 12.1 Å². The molecule has 0 atom stereocenters. The van der Waals surface area contributed by atoms with E-state index < -0.39 is 0 Å². The molecule has 0 unspecified atom stereocenters. The Kier molecular flexibility index (Phi) is 4.53. The van der Waals surface area contributed by atoms with Crippen molar-refractivity contribution in [2.75, 3.05) is 0 Å². The van der Waals surface area contributed by atoms with Crippen LogP contribution >= 0.6 is 0 Å². The molecule has 1 amide bonds. The van der Waals surface area contributed by atoms with Gasteiger partial charge in [-0.2, -0.15) is 0 Å². The molecule has 116 valence electrons. The Labute approximate surface area is 125 Å². The van der Waals surface area contributed by atoms with Crippen molar-refractivity contribution in [3.05, 3.63) is 11.9 Å². The summed E-state index contributed by atoms with van der Waals surface area (Å²) in [5.41, 5.74) is 0.904. The van der Waals surface area contributed by atoms with Crippen molar-refractivity contribution in [3.8, 4) is 0 Å². The third-order valence-corrected chi connectivity index (χ3v) is 4.42. The first-order chi connectivity index (χ1) is 10.2. The Bertz CT molecular complexity index is 474. The minimum Gasteiger partial charge on any atom is -0.352 e. The lowest BCUT2D eigenvalue weighted by Gasteiger charge is -2.26. The number of amides is 1. The van der Waals surface area contributed by atoms with E-state index in [4.69, 9.17) is 0 Å². The number of nitrogens with one attached hydrogen (secondary N) is 2. The van der Waals surface area contributed by atoms with Crippen LogP contribution in [0, 0.1) is 5.92 Å². The third kappa shape index (κ3) is 4.52. The average molecular weight is 291 g/mol. The van der Waals surface area contributed by atoms with Crippen LogP contribution in [0.5, 0.6) is 0 Å². The van der Waals surface area contributed by atoms with Gasteiger partial charge in [-0.15, -0.1) is 5.10 Å². The Morgan fingerprint density at radius 2 is 1.95 bits per heavy atom. The van der Waals surface area contributed by atoms with Gasteiger partial charge in [-0.25, -0.2) is 4.68 Å². The molecule has 6 heteroatoms. The molecule has 0 saturated heterocycles. The number of rotatable bonds is 6. The van der Waals surface area contributed by atoms with E-state index in [0.717, 1.165) is 31.0 Å². The molecule has 1 heterocycles. The van der Waals surface area contributed by atoms with Gasteiger partial charge in [0, 0.05) is 18.6 Å². The highest BCUT2D eigenvalue weighted by atomic mass is 16.2. The number of hydrogen-bond acceptors (Lipinski definition) is 4. The van der Waals surface area contributed by atoms with Crippen LogP contribution in [0.2, 0.25) is 0 Å². The van der Waals surface area contributed by atoms with Crippen molar-refractivity contribution >= 4 is 5.91 Å². The summed E-state index contributed by atoms with van der Waals surface area (Å²) < 4.78 is 1.63. The van der Waals surface area contributed by atoms with Gasteiger partial charge in [-0.1, -0.05) is 12.1 Å². The van der Waals surface area contributed by atoms with Crippen LogP contribution in [0.15, 0.2) is 6.20 Å². The summed E-state index contributed by atoms with van der Waals surface area (Å²) >= 11 is 0. The molecular weight excluding hydrogens is 266 g/mol. The maximum absolute atomic E-state index is 12.0. The first kappa shape index (κ1) is 14.5. The predicted molar refractivity (Wildman–Crippen MR) is 79.4 cm³/mol. The molecule has 2 aliphatic rings. The SMILES string of the molecule is CC1CCC(NC(=O)Cn2cc(CNC3CC3)nn2)CC1. The van der Waals surface area contributed by atoms with Crippen LogP contribution < -0.4 is 10.6 Å². The zero-order chi connectivity index (χ0) is 14.7. The number of nitrogens with zero attached hydrogens (tertiary/aromatic N) is 3. The van der Waals surface area contributed by atoms with Crippen molar-refractivity contribution in [3.63, 3.8) is 0 Å². The van der Waals surface area contributed by atoms with Crippen molar-refractivity contribution in [2.45, 2.75) is 70.6 Å². The Hall–Kier alpha value is -1.43. The van der Waals surface area contributed by atoms with Crippen molar-refractivity contribution < 1.29 is 4.79 Å². The van der Waals surface area contributed by atoms with Gasteiger partial charge in [-0.05, 0) is 44.4 Å². The molecule has 3 rings (SSSR count). The van der Waals surface area contributed by atoms with Crippen LogP contribution in [-0.4, -0.2) is 33.0 Å². The molecule has 6 nitrogen and oxygen atoms in total. The maximum atomic E-state index is 12.0. The summed E-state index contributed by atoms with van der Waals surface area (Å²) in [6, 6.07) is 1.00. The second-order valence-corrected chi connectivity index (χ2v) is 6.59. The quantitative estimate of drug-likeness (QED) is 0.827. The Morgan fingerprint density at radius 1 is 1.24 bits per heavy atom. The summed E-state index contributed by atoms with van der Waals surface area (Å²) in [6.45, 7) is 3.29. The standard InChI is InChI=1S/C15H25N5O/c1-11-2-4-13(5-3-11)17-15(21)10-20-9-14(18-19-20)8-16-12-6-7-12/h9,11-13,16H,2-8,10H2,1H3,(H,17,21). The van der Waals surface area contributed by atoms with Gasteiger partial charge < -0.3 is 10.6 Å². The molecule has 0 aromatic carbocycles. The minimum atomic E-state index is 0.0427. The van der Waals surface area contributed by atoms with Gasteiger partial charge in [0.2, 0.25) is 5.91 Å². The number of carbonyl (C=O) groups is 1. The topological polar surface area (TPSA) is 71.8 Å². The highest BCUT2D eigenvalue weighted by Crippen LogP contribution is 2.23. The van der Waals surface area contributed by atoms with E-state index in [1.165, 1.54) is 25.7 Å². The zero-order valence-corrected chi connectivity index (χ0v) is 12.7. The van der Waals surface area contributed by atoms with Crippen molar-refractivity contribution in [2.24, 2.45) is 5.92 Å². The van der Waals surface area contributed by atoms with Gasteiger partial charge in [0.05, 0.1) is 11.9 Å². The molecule has 2 saturated carbocycles. The molecule has 0 spiro atoms. The fraction of sp³-hybridized carbons (Fsp3) is 0.800. The molecule has 2 fully saturated rings. The average Bonchev–Trinajstić information content (AvgIpc) is 3.19. The Morgan fingerprint density at radius 3 is 2.67 bits per heavy atom. The van der Waals surface area contributed by atoms with Crippen LogP contribution in [0.3, 0.4) is 0 Å². The van der Waals surface area contributed by atoms with Crippen LogP contribution in [0.4, 0.5) is 0 Å². The van der Waals surface area contributed by atoms with Crippen molar-refractivity contribution in [1.82, 2.24) is 25.6 Å². The smallest absolute Gasteiger partial charge is 0.242 e. The van der Waals surface area contributed by atoms with E-state index in [9.17, 15) is 4.79 Å². The van der Waals surface area contributed by atoms with Gasteiger partial charge in [0.15, 0.2) is 0 Å². The fourth-order valence-corrected chi connectivity index (χ4v) is 2.86. The second-order valence-electron chi connectivity index (χ2n) is 6.59. The van der Waals surface area contributed by atoms with E-state index in [1.54, 1.807) is 4.68 Å². The van der Waals surface area contributed by atoms with E-state index in [2.05, 4.69) is 27.9 Å². The molecule has 0 radical (unpaired) electrons. The van der Waals surface area contributed by atoms with E-state index >= 15 is 0 Å². The number of carbonyl (C=O) groups excluding carboxylic acids is 1. The predicted octanol–water partition coefficient (Wildman–Crippen LogP) is 1.22. The maximum Gasteiger partial charge on any atom is 0.242 e. The van der Waals surface area contributed by atoms with Crippen LogP contribution in [-0.2, 0) is 17.9 Å².